The molecule has 0 spiro atoms. The number of rotatable bonds is 4. The first-order valence-corrected chi connectivity index (χ1v) is 8.38. The van der Waals surface area contributed by atoms with Crippen LogP contribution < -0.4 is 9.47 Å². The second kappa shape index (κ2) is 6.22. The van der Waals surface area contributed by atoms with Crippen LogP contribution in [0.15, 0.2) is 36.4 Å². The molecule has 2 aromatic carbocycles. The predicted octanol–water partition coefficient (Wildman–Crippen LogP) is 4.06. The molecule has 0 bridgehead atoms. The van der Waals surface area contributed by atoms with Crippen LogP contribution in [0.5, 0.6) is 17.2 Å². The van der Waals surface area contributed by atoms with E-state index in [0.717, 1.165) is 39.5 Å². The maximum Gasteiger partial charge on any atom is 0.182 e. The third-order valence-corrected chi connectivity index (χ3v) is 4.58. The number of methoxy groups -OCH3 is 2. The fourth-order valence-corrected chi connectivity index (χ4v) is 3.27. The quantitative estimate of drug-likeness (QED) is 0.581. The molecule has 6 nitrogen and oxygen atoms in total. The Morgan fingerprint density at radius 2 is 1.65 bits per heavy atom. The standard InChI is InChI=1S/C20H19N3O3/c1-4-15-18-13-9-16(25-2)17(26-3)10-14(13)19(21-20(18)23-22-15)11-5-7-12(24)8-6-11/h5-10,24H,4H2,1-3H3,(H,21,22,23). The van der Waals surface area contributed by atoms with Gasteiger partial charge >= 0.3 is 0 Å². The van der Waals surface area contributed by atoms with E-state index in [1.54, 1.807) is 26.4 Å². The van der Waals surface area contributed by atoms with E-state index in [4.69, 9.17) is 14.5 Å². The van der Waals surface area contributed by atoms with Gasteiger partial charge in [0.2, 0.25) is 0 Å². The molecule has 0 atom stereocenters. The number of phenols is 1. The van der Waals surface area contributed by atoms with Crippen molar-refractivity contribution in [2.75, 3.05) is 14.2 Å². The minimum absolute atomic E-state index is 0.214. The summed E-state index contributed by atoms with van der Waals surface area (Å²) in [5.74, 6) is 1.52. The molecule has 4 rings (SSSR count). The first-order chi connectivity index (χ1) is 12.7. The molecule has 6 heteroatoms. The molecule has 4 aromatic rings. The zero-order valence-corrected chi connectivity index (χ0v) is 14.8. The van der Waals surface area contributed by atoms with Crippen LogP contribution in [0.3, 0.4) is 0 Å². The molecule has 0 aliphatic heterocycles. The molecule has 0 radical (unpaired) electrons. The van der Waals surface area contributed by atoms with Gasteiger partial charge in [0.15, 0.2) is 17.1 Å². The second-order valence-corrected chi connectivity index (χ2v) is 6.01. The summed E-state index contributed by atoms with van der Waals surface area (Å²) in [4.78, 5) is 4.78. The number of phenolic OH excluding ortho intramolecular Hbond substituents is 1. The zero-order chi connectivity index (χ0) is 18.3. The van der Waals surface area contributed by atoms with Gasteiger partial charge in [-0.15, -0.1) is 0 Å². The maximum atomic E-state index is 9.60. The Balaban J connectivity index is 2.15. The minimum atomic E-state index is 0.214. The summed E-state index contributed by atoms with van der Waals surface area (Å²) in [5.41, 5.74) is 3.36. The number of fused-ring (bicyclic) bond motifs is 3. The number of pyridine rings is 1. The van der Waals surface area contributed by atoms with Gasteiger partial charge in [-0.2, -0.15) is 5.10 Å². The average molecular weight is 349 g/mol. The van der Waals surface area contributed by atoms with Crippen molar-refractivity contribution in [3.8, 4) is 28.5 Å². The number of H-pyrrole nitrogens is 1. The highest BCUT2D eigenvalue weighted by atomic mass is 16.5. The van der Waals surface area contributed by atoms with Crippen LogP contribution in [-0.4, -0.2) is 34.5 Å². The fourth-order valence-electron chi connectivity index (χ4n) is 3.27. The lowest BCUT2D eigenvalue weighted by Gasteiger charge is -2.13. The molecule has 0 aliphatic rings. The summed E-state index contributed by atoms with van der Waals surface area (Å²) in [5, 5.41) is 20.0. The van der Waals surface area contributed by atoms with Gasteiger partial charge in [0, 0.05) is 27.4 Å². The van der Waals surface area contributed by atoms with E-state index >= 15 is 0 Å². The Morgan fingerprint density at radius 3 is 2.27 bits per heavy atom. The molecule has 0 aliphatic carbocycles. The normalized spacial score (nSPS) is 11.2. The molecule has 26 heavy (non-hydrogen) atoms. The number of hydrogen-bond donors (Lipinski definition) is 2. The van der Waals surface area contributed by atoms with E-state index in [-0.39, 0.29) is 5.75 Å². The number of aromatic hydroxyl groups is 1. The van der Waals surface area contributed by atoms with E-state index in [9.17, 15) is 5.11 Å². The van der Waals surface area contributed by atoms with Crippen molar-refractivity contribution in [3.05, 3.63) is 42.1 Å². The van der Waals surface area contributed by atoms with Crippen molar-refractivity contribution < 1.29 is 14.6 Å². The lowest BCUT2D eigenvalue weighted by molar-refractivity contribution is 0.356. The number of aromatic nitrogens is 3. The number of ether oxygens (including phenoxy) is 2. The second-order valence-electron chi connectivity index (χ2n) is 6.01. The maximum absolute atomic E-state index is 9.60. The van der Waals surface area contributed by atoms with E-state index in [0.29, 0.717) is 17.1 Å². The first-order valence-electron chi connectivity index (χ1n) is 8.38. The van der Waals surface area contributed by atoms with Crippen molar-refractivity contribution in [1.29, 1.82) is 0 Å². The number of benzene rings is 2. The van der Waals surface area contributed by atoms with Gasteiger partial charge < -0.3 is 14.6 Å². The minimum Gasteiger partial charge on any atom is -0.508 e. The first kappa shape index (κ1) is 16.2. The molecule has 2 N–H and O–H groups in total. The van der Waals surface area contributed by atoms with Gasteiger partial charge in [0.05, 0.1) is 19.9 Å². The largest absolute Gasteiger partial charge is 0.508 e. The highest BCUT2D eigenvalue weighted by Gasteiger charge is 2.18. The van der Waals surface area contributed by atoms with Crippen molar-refractivity contribution in [3.63, 3.8) is 0 Å². The van der Waals surface area contributed by atoms with Gasteiger partial charge in [0.1, 0.15) is 5.75 Å². The smallest absolute Gasteiger partial charge is 0.182 e. The van der Waals surface area contributed by atoms with Crippen LogP contribution in [0.1, 0.15) is 12.6 Å². The Kier molecular flexibility index (Phi) is 3.88. The summed E-state index contributed by atoms with van der Waals surface area (Å²) in [6.45, 7) is 2.08. The highest BCUT2D eigenvalue weighted by Crippen LogP contribution is 2.40. The van der Waals surface area contributed by atoms with Crippen molar-refractivity contribution in [2.45, 2.75) is 13.3 Å². The predicted molar refractivity (Wildman–Crippen MR) is 101 cm³/mol. The lowest BCUT2D eigenvalue weighted by Crippen LogP contribution is -1.94. The van der Waals surface area contributed by atoms with Crippen LogP contribution in [0, 0.1) is 0 Å². The third kappa shape index (κ3) is 2.42. The average Bonchev–Trinajstić information content (AvgIpc) is 3.10. The topological polar surface area (TPSA) is 80.3 Å². The third-order valence-electron chi connectivity index (χ3n) is 4.58. The van der Waals surface area contributed by atoms with Crippen LogP contribution >= 0.6 is 0 Å². The van der Waals surface area contributed by atoms with Gasteiger partial charge in [-0.25, -0.2) is 4.98 Å². The molecule has 0 fully saturated rings. The molecular formula is C20H19N3O3. The van der Waals surface area contributed by atoms with E-state index in [2.05, 4.69) is 17.1 Å². The number of aryl methyl sites for hydroxylation is 1. The number of nitrogens with zero attached hydrogens (tertiary/aromatic N) is 2. The van der Waals surface area contributed by atoms with Crippen molar-refractivity contribution >= 4 is 21.8 Å². The summed E-state index contributed by atoms with van der Waals surface area (Å²) >= 11 is 0. The molecule has 0 amide bonds. The van der Waals surface area contributed by atoms with Crippen LogP contribution in [0.25, 0.3) is 33.1 Å². The number of aromatic amines is 1. The Morgan fingerprint density at radius 1 is 1.00 bits per heavy atom. The monoisotopic (exact) mass is 349 g/mol. The summed E-state index contributed by atoms with van der Waals surface area (Å²) in [7, 11) is 3.24. The Bertz CT molecular complexity index is 1100. The highest BCUT2D eigenvalue weighted by molar-refractivity contribution is 6.12. The van der Waals surface area contributed by atoms with E-state index in [1.165, 1.54) is 0 Å². The van der Waals surface area contributed by atoms with E-state index < -0.39 is 0 Å². The zero-order valence-electron chi connectivity index (χ0n) is 14.8. The van der Waals surface area contributed by atoms with Crippen LogP contribution in [0.4, 0.5) is 0 Å². The molecule has 2 aromatic heterocycles. The Labute approximate surface area is 150 Å². The summed E-state index contributed by atoms with van der Waals surface area (Å²) < 4.78 is 11.0. The molecule has 0 saturated heterocycles. The van der Waals surface area contributed by atoms with Crippen LogP contribution in [-0.2, 0) is 6.42 Å². The van der Waals surface area contributed by atoms with Gasteiger partial charge in [-0.3, -0.25) is 5.10 Å². The van der Waals surface area contributed by atoms with Gasteiger partial charge in [-0.05, 0) is 42.8 Å². The lowest BCUT2D eigenvalue weighted by atomic mass is 9.99. The van der Waals surface area contributed by atoms with E-state index in [1.807, 2.05) is 24.3 Å². The molecule has 132 valence electrons. The molecule has 0 unspecified atom stereocenters. The van der Waals surface area contributed by atoms with Crippen molar-refractivity contribution in [1.82, 2.24) is 15.2 Å². The summed E-state index contributed by atoms with van der Waals surface area (Å²) in [6.07, 6.45) is 0.820. The summed E-state index contributed by atoms with van der Waals surface area (Å²) in [6, 6.07) is 10.9. The SMILES string of the molecule is CCc1[nH]nc2nc(-c3ccc(O)cc3)c3cc(OC)c(OC)cc3c12. The fraction of sp³-hybridized carbons (Fsp3) is 0.200. The number of hydrogen-bond acceptors (Lipinski definition) is 5. The Hall–Kier alpha value is -3.28. The molecule has 0 saturated carbocycles. The van der Waals surface area contributed by atoms with Gasteiger partial charge in [0.25, 0.3) is 0 Å². The molecular weight excluding hydrogens is 330 g/mol. The number of nitrogens with one attached hydrogen (secondary N) is 1. The van der Waals surface area contributed by atoms with Crippen LogP contribution in [0.2, 0.25) is 0 Å². The van der Waals surface area contributed by atoms with Gasteiger partial charge in [-0.1, -0.05) is 6.92 Å². The van der Waals surface area contributed by atoms with Crippen molar-refractivity contribution in [2.24, 2.45) is 0 Å². The molecule has 2 heterocycles.